The van der Waals surface area contributed by atoms with Gasteiger partial charge >= 0.3 is 5.97 Å². The van der Waals surface area contributed by atoms with Crippen LogP contribution in [0.5, 0.6) is 11.5 Å². The first-order chi connectivity index (χ1) is 15.3. The lowest BCUT2D eigenvalue weighted by atomic mass is 10.1. The minimum Gasteiger partial charge on any atom is -0.493 e. The van der Waals surface area contributed by atoms with Gasteiger partial charge in [-0.2, -0.15) is 0 Å². The van der Waals surface area contributed by atoms with Crippen molar-refractivity contribution in [3.63, 3.8) is 0 Å². The van der Waals surface area contributed by atoms with Crippen molar-refractivity contribution >= 4 is 28.9 Å². The maximum Gasteiger partial charge on any atom is 0.354 e. The molecule has 0 spiro atoms. The molecule has 7 heteroatoms. The number of esters is 1. The highest BCUT2D eigenvalue weighted by molar-refractivity contribution is 6.05. The molecule has 2 aromatic carbocycles. The molecule has 0 saturated carbocycles. The molecule has 7 nitrogen and oxygen atoms in total. The molecule has 1 amide bonds. The summed E-state index contributed by atoms with van der Waals surface area (Å²) in [6.07, 6.45) is 3.55. The quantitative estimate of drug-likeness (QED) is 0.424. The normalized spacial score (nSPS) is 11.5. The zero-order valence-electron chi connectivity index (χ0n) is 19.0. The lowest BCUT2D eigenvalue weighted by molar-refractivity contribution is -0.140. The lowest BCUT2D eigenvalue weighted by Gasteiger charge is -2.13. The van der Waals surface area contributed by atoms with Crippen molar-refractivity contribution in [1.29, 1.82) is 0 Å². The second kappa shape index (κ2) is 10.0. The van der Waals surface area contributed by atoms with Crippen LogP contribution in [0.25, 0.3) is 17.0 Å². The number of ether oxygens (including phenoxy) is 3. The summed E-state index contributed by atoms with van der Waals surface area (Å²) in [5.74, 6) is 0.0349. The Morgan fingerprint density at radius 1 is 1.06 bits per heavy atom. The third-order valence-electron chi connectivity index (χ3n) is 4.89. The second-order valence-corrected chi connectivity index (χ2v) is 7.79. The van der Waals surface area contributed by atoms with Crippen molar-refractivity contribution in [2.45, 2.75) is 13.8 Å². The monoisotopic (exact) mass is 436 g/mol. The van der Waals surface area contributed by atoms with Crippen molar-refractivity contribution in [3.05, 3.63) is 65.5 Å². The number of aromatic nitrogens is 1. The molecule has 0 aliphatic carbocycles. The first-order valence-electron chi connectivity index (χ1n) is 10.3. The fraction of sp³-hybridized carbons (Fsp3) is 0.280. The van der Waals surface area contributed by atoms with E-state index in [4.69, 9.17) is 14.2 Å². The van der Waals surface area contributed by atoms with Crippen LogP contribution in [0.2, 0.25) is 0 Å². The summed E-state index contributed by atoms with van der Waals surface area (Å²) in [6.45, 7) is 4.14. The molecule has 0 unspecified atom stereocenters. The number of amides is 1. The molecule has 1 aromatic heterocycles. The Kier molecular flexibility index (Phi) is 7.20. The van der Waals surface area contributed by atoms with Gasteiger partial charge in [-0.05, 0) is 36.3 Å². The lowest BCUT2D eigenvalue weighted by Crippen LogP contribution is -2.29. The van der Waals surface area contributed by atoms with E-state index in [-0.39, 0.29) is 18.2 Å². The average molecular weight is 437 g/mol. The zero-order valence-corrected chi connectivity index (χ0v) is 19.0. The van der Waals surface area contributed by atoms with Gasteiger partial charge in [-0.1, -0.05) is 32.0 Å². The Morgan fingerprint density at radius 3 is 2.47 bits per heavy atom. The molecule has 0 saturated heterocycles. The van der Waals surface area contributed by atoms with E-state index >= 15 is 0 Å². The molecular weight excluding hydrogens is 408 g/mol. The molecular formula is C25H28N2O5. The molecule has 0 atom stereocenters. The van der Waals surface area contributed by atoms with Crippen molar-refractivity contribution in [2.75, 3.05) is 20.8 Å². The van der Waals surface area contributed by atoms with Gasteiger partial charge in [0.1, 0.15) is 5.70 Å². The number of fused-ring (bicyclic) bond motifs is 1. The predicted octanol–water partition coefficient (Wildman–Crippen LogP) is 4.17. The second-order valence-electron chi connectivity index (χ2n) is 7.79. The van der Waals surface area contributed by atoms with E-state index in [1.54, 1.807) is 24.3 Å². The molecule has 3 aromatic rings. The van der Waals surface area contributed by atoms with Gasteiger partial charge in [-0.25, -0.2) is 4.79 Å². The van der Waals surface area contributed by atoms with Gasteiger partial charge in [0.05, 0.1) is 20.8 Å². The number of para-hydroxylation sites is 1. The predicted molar refractivity (Wildman–Crippen MR) is 124 cm³/mol. The summed E-state index contributed by atoms with van der Waals surface area (Å²) in [7, 11) is 4.95. The molecule has 1 heterocycles. The first-order valence-corrected chi connectivity index (χ1v) is 10.3. The number of nitrogens with one attached hydrogen (secondary N) is 1. The van der Waals surface area contributed by atoms with E-state index in [0.29, 0.717) is 17.1 Å². The smallest absolute Gasteiger partial charge is 0.354 e. The third kappa shape index (κ3) is 5.11. The van der Waals surface area contributed by atoms with Crippen LogP contribution in [0.3, 0.4) is 0 Å². The summed E-state index contributed by atoms with van der Waals surface area (Å²) in [5, 5.41) is 3.67. The Morgan fingerprint density at radius 2 is 1.78 bits per heavy atom. The van der Waals surface area contributed by atoms with Gasteiger partial charge < -0.3 is 24.1 Å². The van der Waals surface area contributed by atoms with E-state index < -0.39 is 11.9 Å². The van der Waals surface area contributed by atoms with Crippen LogP contribution in [0.4, 0.5) is 0 Å². The highest BCUT2D eigenvalue weighted by Gasteiger charge is 2.19. The molecule has 0 aliphatic heterocycles. The Hall–Kier alpha value is -3.74. The number of carbonyl (C=O) groups excluding carboxylic acids is 2. The highest BCUT2D eigenvalue weighted by Crippen LogP contribution is 2.28. The van der Waals surface area contributed by atoms with Gasteiger partial charge in [-0.3, -0.25) is 4.79 Å². The van der Waals surface area contributed by atoms with Crippen LogP contribution in [0, 0.1) is 5.92 Å². The molecule has 0 radical (unpaired) electrons. The first kappa shape index (κ1) is 22.9. The molecule has 168 valence electrons. The number of hydrogen-bond acceptors (Lipinski definition) is 5. The molecule has 0 fully saturated rings. The number of carbonyl (C=O) groups is 2. The van der Waals surface area contributed by atoms with E-state index in [1.807, 2.05) is 55.9 Å². The van der Waals surface area contributed by atoms with Crippen molar-refractivity contribution in [1.82, 2.24) is 9.88 Å². The number of benzene rings is 2. The maximum absolute atomic E-state index is 13.0. The number of hydrogen-bond donors (Lipinski definition) is 1. The van der Waals surface area contributed by atoms with Gasteiger partial charge in [0.25, 0.3) is 5.91 Å². The number of rotatable bonds is 8. The fourth-order valence-corrected chi connectivity index (χ4v) is 3.28. The standard InChI is InChI=1S/C25H28N2O5/c1-16(2)15-32-25(29)20(12-18-14-27(3)21-9-7-6-8-19(18)21)26-24(28)17-10-11-22(30-4)23(13-17)31-5/h6-14,16H,15H2,1-5H3,(H,26,28)/b20-12-. The molecule has 3 rings (SSSR count). The Balaban J connectivity index is 1.97. The molecule has 0 aliphatic rings. The maximum atomic E-state index is 13.0. The van der Waals surface area contributed by atoms with Crippen LogP contribution in [-0.4, -0.2) is 37.3 Å². The third-order valence-corrected chi connectivity index (χ3v) is 4.89. The SMILES string of the molecule is COc1ccc(C(=O)N/C(=C\c2cn(C)c3ccccc23)C(=O)OCC(C)C)cc1OC. The van der Waals surface area contributed by atoms with E-state index in [0.717, 1.165) is 16.5 Å². The van der Waals surface area contributed by atoms with Crippen molar-refractivity contribution in [2.24, 2.45) is 13.0 Å². The van der Waals surface area contributed by atoms with Crippen LogP contribution in [0.15, 0.2) is 54.4 Å². The minimum atomic E-state index is -0.597. The number of methoxy groups -OCH3 is 2. The zero-order chi connectivity index (χ0) is 23.3. The largest absolute Gasteiger partial charge is 0.493 e. The van der Waals surface area contributed by atoms with E-state index in [1.165, 1.54) is 14.2 Å². The van der Waals surface area contributed by atoms with E-state index in [2.05, 4.69) is 5.32 Å². The Labute approximate surface area is 187 Å². The van der Waals surface area contributed by atoms with E-state index in [9.17, 15) is 9.59 Å². The number of aryl methyl sites for hydroxylation is 1. The average Bonchev–Trinajstić information content (AvgIpc) is 3.11. The summed E-state index contributed by atoms with van der Waals surface area (Å²) < 4.78 is 17.9. The van der Waals surface area contributed by atoms with Crippen molar-refractivity contribution in [3.8, 4) is 11.5 Å². The van der Waals surface area contributed by atoms with Crippen LogP contribution < -0.4 is 14.8 Å². The summed E-state index contributed by atoms with van der Waals surface area (Å²) in [5.41, 5.74) is 2.19. The van der Waals surface area contributed by atoms with Crippen LogP contribution >= 0.6 is 0 Å². The molecule has 1 N–H and O–H groups in total. The Bertz CT molecular complexity index is 1160. The summed E-state index contributed by atoms with van der Waals surface area (Å²) >= 11 is 0. The van der Waals surface area contributed by atoms with Gasteiger partial charge in [-0.15, -0.1) is 0 Å². The molecule has 32 heavy (non-hydrogen) atoms. The number of nitrogens with zero attached hydrogens (tertiary/aromatic N) is 1. The van der Waals surface area contributed by atoms with Crippen molar-refractivity contribution < 1.29 is 23.8 Å². The van der Waals surface area contributed by atoms with Gasteiger partial charge in [0, 0.05) is 35.3 Å². The van der Waals surface area contributed by atoms with Gasteiger partial charge in [0.2, 0.25) is 0 Å². The van der Waals surface area contributed by atoms with Crippen LogP contribution in [-0.2, 0) is 16.6 Å². The minimum absolute atomic E-state index is 0.0572. The highest BCUT2D eigenvalue weighted by atomic mass is 16.5. The van der Waals surface area contributed by atoms with Crippen LogP contribution in [0.1, 0.15) is 29.8 Å². The molecule has 0 bridgehead atoms. The summed E-state index contributed by atoms with van der Waals surface area (Å²) in [4.78, 5) is 25.8. The van der Waals surface area contributed by atoms with Gasteiger partial charge in [0.15, 0.2) is 11.5 Å². The fourth-order valence-electron chi connectivity index (χ4n) is 3.28. The summed E-state index contributed by atoms with van der Waals surface area (Å²) in [6, 6.07) is 12.6. The topological polar surface area (TPSA) is 78.8 Å².